The first-order chi connectivity index (χ1) is 6.61. The van der Waals surface area contributed by atoms with Gasteiger partial charge in [0.1, 0.15) is 0 Å². The molecule has 0 unspecified atom stereocenters. The van der Waals surface area contributed by atoms with Crippen LogP contribution in [-0.2, 0) is 0 Å². The first-order valence-corrected chi connectivity index (χ1v) is 4.42. The molecule has 0 spiro atoms. The van der Waals surface area contributed by atoms with Gasteiger partial charge in [0.25, 0.3) is 0 Å². The summed E-state index contributed by atoms with van der Waals surface area (Å²) in [7, 11) is 0. The predicted molar refractivity (Wildman–Crippen MR) is 54.7 cm³/mol. The summed E-state index contributed by atoms with van der Waals surface area (Å²) in [5.74, 6) is -0.864. The Morgan fingerprint density at radius 2 is 2.14 bits per heavy atom. The number of carboxylic acid groups (broad SMARTS) is 1. The normalized spacial score (nSPS) is 10.7. The number of benzene rings is 1. The Balaban J connectivity index is 2.89. The van der Waals surface area contributed by atoms with Crippen LogP contribution in [0.3, 0.4) is 0 Å². The summed E-state index contributed by atoms with van der Waals surface area (Å²) in [6.07, 6.45) is 1.82. The van der Waals surface area contributed by atoms with Crippen molar-refractivity contribution in [2.75, 3.05) is 0 Å². The van der Waals surface area contributed by atoms with E-state index >= 15 is 0 Å². The molecule has 0 aliphatic rings. The summed E-state index contributed by atoms with van der Waals surface area (Å²) in [5.41, 5.74) is 2.92. The summed E-state index contributed by atoms with van der Waals surface area (Å²) in [6.45, 7) is 3.65. The number of hydrogen-bond acceptors (Lipinski definition) is 1. The molecule has 1 aromatic carbocycles. The molecular weight excluding hydrogens is 178 g/mol. The summed E-state index contributed by atoms with van der Waals surface area (Å²) < 4.78 is 0. The van der Waals surface area contributed by atoms with E-state index in [1.807, 2.05) is 32.2 Å². The molecule has 0 amide bonds. The van der Waals surface area contributed by atoms with Crippen LogP contribution in [0, 0.1) is 13.8 Å². The van der Waals surface area contributed by atoms with Crippen LogP contribution in [0.4, 0.5) is 0 Å². The van der Waals surface area contributed by atoms with Crippen LogP contribution in [0.25, 0.3) is 10.9 Å². The molecule has 14 heavy (non-hydrogen) atoms. The van der Waals surface area contributed by atoms with Gasteiger partial charge >= 0.3 is 5.97 Å². The SMILES string of the molecule is Cc1cc2cc[nH]c2c(C)c1C(=O)O. The predicted octanol–water partition coefficient (Wildman–Crippen LogP) is 2.48. The zero-order valence-corrected chi connectivity index (χ0v) is 8.09. The lowest BCUT2D eigenvalue weighted by Crippen LogP contribution is -2.03. The van der Waals surface area contributed by atoms with Gasteiger partial charge in [0.15, 0.2) is 0 Å². The van der Waals surface area contributed by atoms with Crippen molar-refractivity contribution < 1.29 is 9.90 Å². The summed E-state index contributed by atoms with van der Waals surface area (Å²) in [4.78, 5) is 14.0. The minimum absolute atomic E-state index is 0.403. The number of carbonyl (C=O) groups is 1. The average molecular weight is 189 g/mol. The molecular formula is C11H11NO2. The number of aromatic carboxylic acids is 1. The van der Waals surface area contributed by atoms with Gasteiger partial charge in [0, 0.05) is 11.7 Å². The third-order valence-corrected chi connectivity index (χ3v) is 2.51. The number of carboxylic acids is 1. The molecule has 0 aliphatic heterocycles. The highest BCUT2D eigenvalue weighted by molar-refractivity contribution is 5.98. The number of aromatic nitrogens is 1. The van der Waals surface area contributed by atoms with E-state index in [1.165, 1.54) is 0 Å². The zero-order valence-electron chi connectivity index (χ0n) is 8.09. The van der Waals surface area contributed by atoms with E-state index in [9.17, 15) is 4.79 Å². The Labute approximate surface area is 81.4 Å². The van der Waals surface area contributed by atoms with Gasteiger partial charge in [-0.1, -0.05) is 0 Å². The smallest absolute Gasteiger partial charge is 0.336 e. The van der Waals surface area contributed by atoms with E-state index in [1.54, 1.807) is 0 Å². The van der Waals surface area contributed by atoms with Crippen molar-refractivity contribution >= 4 is 16.9 Å². The van der Waals surface area contributed by atoms with Crippen LogP contribution in [-0.4, -0.2) is 16.1 Å². The van der Waals surface area contributed by atoms with E-state index in [2.05, 4.69) is 4.98 Å². The fraction of sp³-hybridized carbons (Fsp3) is 0.182. The standard InChI is InChI=1S/C11H11NO2/c1-6-5-8-3-4-12-10(8)7(2)9(6)11(13)14/h3-5,12H,1-2H3,(H,13,14). The highest BCUT2D eigenvalue weighted by atomic mass is 16.4. The topological polar surface area (TPSA) is 53.1 Å². The lowest BCUT2D eigenvalue weighted by Gasteiger charge is -2.06. The van der Waals surface area contributed by atoms with Crippen LogP contribution in [0.15, 0.2) is 18.3 Å². The van der Waals surface area contributed by atoms with Crippen molar-refractivity contribution in [1.29, 1.82) is 0 Å². The third kappa shape index (κ3) is 1.09. The molecule has 0 atom stereocenters. The highest BCUT2D eigenvalue weighted by Gasteiger charge is 2.13. The van der Waals surface area contributed by atoms with Crippen molar-refractivity contribution in [2.45, 2.75) is 13.8 Å². The average Bonchev–Trinajstić information content (AvgIpc) is 2.50. The molecule has 0 aliphatic carbocycles. The van der Waals surface area contributed by atoms with Crippen molar-refractivity contribution in [1.82, 2.24) is 4.98 Å². The van der Waals surface area contributed by atoms with Crippen LogP contribution < -0.4 is 0 Å². The largest absolute Gasteiger partial charge is 0.478 e. The maximum Gasteiger partial charge on any atom is 0.336 e. The summed E-state index contributed by atoms with van der Waals surface area (Å²) >= 11 is 0. The Bertz CT molecular complexity index is 511. The Morgan fingerprint density at radius 3 is 2.79 bits per heavy atom. The second-order valence-electron chi connectivity index (χ2n) is 3.44. The minimum Gasteiger partial charge on any atom is -0.478 e. The molecule has 0 radical (unpaired) electrons. The van der Waals surface area contributed by atoms with Crippen molar-refractivity contribution in [3.8, 4) is 0 Å². The second kappa shape index (κ2) is 2.87. The van der Waals surface area contributed by atoms with Crippen LogP contribution >= 0.6 is 0 Å². The van der Waals surface area contributed by atoms with Gasteiger partial charge in [-0.2, -0.15) is 0 Å². The Morgan fingerprint density at radius 1 is 1.43 bits per heavy atom. The van der Waals surface area contributed by atoms with E-state index in [-0.39, 0.29) is 0 Å². The maximum atomic E-state index is 11.0. The van der Waals surface area contributed by atoms with Crippen molar-refractivity contribution in [3.63, 3.8) is 0 Å². The number of nitrogens with one attached hydrogen (secondary N) is 1. The highest BCUT2D eigenvalue weighted by Crippen LogP contribution is 2.23. The van der Waals surface area contributed by atoms with E-state index in [0.717, 1.165) is 22.0 Å². The maximum absolute atomic E-state index is 11.0. The number of rotatable bonds is 1. The van der Waals surface area contributed by atoms with Gasteiger partial charge in [-0.15, -0.1) is 0 Å². The molecule has 0 fully saturated rings. The van der Waals surface area contributed by atoms with Crippen LogP contribution in [0.2, 0.25) is 0 Å². The molecule has 0 saturated heterocycles. The van der Waals surface area contributed by atoms with E-state index in [0.29, 0.717) is 5.56 Å². The number of aromatic amines is 1. The molecule has 3 nitrogen and oxygen atoms in total. The summed E-state index contributed by atoms with van der Waals surface area (Å²) in [6, 6.07) is 3.84. The van der Waals surface area contributed by atoms with Crippen LogP contribution in [0.5, 0.6) is 0 Å². The Hall–Kier alpha value is -1.77. The molecule has 1 heterocycles. The van der Waals surface area contributed by atoms with Gasteiger partial charge in [0.05, 0.1) is 5.56 Å². The molecule has 2 N–H and O–H groups in total. The van der Waals surface area contributed by atoms with Gasteiger partial charge in [-0.05, 0) is 42.5 Å². The fourth-order valence-electron chi connectivity index (χ4n) is 1.88. The molecule has 2 aromatic rings. The number of H-pyrrole nitrogens is 1. The van der Waals surface area contributed by atoms with Crippen molar-refractivity contribution in [3.05, 3.63) is 35.0 Å². The monoisotopic (exact) mass is 189 g/mol. The zero-order chi connectivity index (χ0) is 10.3. The van der Waals surface area contributed by atoms with E-state index in [4.69, 9.17) is 5.11 Å². The molecule has 1 aromatic heterocycles. The van der Waals surface area contributed by atoms with E-state index < -0.39 is 5.97 Å². The van der Waals surface area contributed by atoms with Gasteiger partial charge < -0.3 is 10.1 Å². The molecule has 2 rings (SSSR count). The fourth-order valence-corrected chi connectivity index (χ4v) is 1.88. The van der Waals surface area contributed by atoms with Gasteiger partial charge in [-0.3, -0.25) is 0 Å². The van der Waals surface area contributed by atoms with Crippen LogP contribution in [0.1, 0.15) is 21.5 Å². The first kappa shape index (κ1) is 8.81. The van der Waals surface area contributed by atoms with Gasteiger partial charge in [-0.25, -0.2) is 4.79 Å². The van der Waals surface area contributed by atoms with Gasteiger partial charge in [0.2, 0.25) is 0 Å². The molecule has 0 bridgehead atoms. The first-order valence-electron chi connectivity index (χ1n) is 4.42. The van der Waals surface area contributed by atoms with Crippen molar-refractivity contribution in [2.24, 2.45) is 0 Å². The lowest BCUT2D eigenvalue weighted by atomic mass is 10.00. The molecule has 0 saturated carbocycles. The molecule has 72 valence electrons. The second-order valence-corrected chi connectivity index (χ2v) is 3.44. The quantitative estimate of drug-likeness (QED) is 0.724. The lowest BCUT2D eigenvalue weighted by molar-refractivity contribution is 0.0695. The number of hydrogen-bond donors (Lipinski definition) is 2. The third-order valence-electron chi connectivity index (χ3n) is 2.51. The summed E-state index contributed by atoms with van der Waals surface area (Å²) in [5, 5.41) is 10.1. The Kier molecular flexibility index (Phi) is 1.81. The number of aryl methyl sites for hydroxylation is 2. The molecule has 3 heteroatoms. The minimum atomic E-state index is -0.864. The number of fused-ring (bicyclic) bond motifs is 1.